The van der Waals surface area contributed by atoms with Crippen LogP contribution in [0.4, 0.5) is 0 Å². The number of rotatable bonds is 8. The third-order valence-electron chi connectivity index (χ3n) is 4.21. The number of benzene rings is 2. The summed E-state index contributed by atoms with van der Waals surface area (Å²) in [6, 6.07) is 8.05. The van der Waals surface area contributed by atoms with Crippen LogP contribution < -0.4 is 25.0 Å². The minimum atomic E-state index is -0.502. The van der Waals surface area contributed by atoms with Crippen LogP contribution >= 0.6 is 0 Å². The number of hydrogen-bond donors (Lipinski definition) is 3. The summed E-state index contributed by atoms with van der Waals surface area (Å²) in [4.78, 5) is 24.1. The molecule has 0 bridgehead atoms. The van der Waals surface area contributed by atoms with Crippen molar-refractivity contribution in [2.75, 3.05) is 20.4 Å². The zero-order valence-electron chi connectivity index (χ0n) is 16.3. The van der Waals surface area contributed by atoms with Crippen molar-refractivity contribution < 1.29 is 28.9 Å². The lowest BCUT2D eigenvalue weighted by Crippen LogP contribution is -2.34. The van der Waals surface area contributed by atoms with Crippen LogP contribution in [0.15, 0.2) is 48.1 Å². The monoisotopic (exact) mass is 411 g/mol. The van der Waals surface area contributed by atoms with Gasteiger partial charge in [0.05, 0.1) is 19.9 Å². The summed E-state index contributed by atoms with van der Waals surface area (Å²) in [5.74, 6) is 0.447. The molecule has 1 aliphatic heterocycles. The van der Waals surface area contributed by atoms with Gasteiger partial charge in [0, 0.05) is 11.1 Å². The average molecular weight is 411 g/mol. The Bertz CT molecular complexity index is 1000. The summed E-state index contributed by atoms with van der Waals surface area (Å²) in [6.45, 7) is 3.51. The molecule has 9 nitrogen and oxygen atoms in total. The molecule has 0 saturated heterocycles. The topological polar surface area (TPSA) is 118 Å². The number of carbonyl (C=O) groups is 2. The van der Waals surface area contributed by atoms with Crippen molar-refractivity contribution in [3.8, 4) is 23.0 Å². The highest BCUT2D eigenvalue weighted by atomic mass is 16.7. The van der Waals surface area contributed by atoms with Crippen LogP contribution in [-0.2, 0) is 11.2 Å². The largest absolute Gasteiger partial charge is 0.504 e. The summed E-state index contributed by atoms with van der Waals surface area (Å²) in [6.07, 6.45) is 3.51. The molecule has 9 heteroatoms. The second-order valence-corrected chi connectivity index (χ2v) is 6.27. The summed E-state index contributed by atoms with van der Waals surface area (Å²) >= 11 is 0. The minimum Gasteiger partial charge on any atom is -0.504 e. The third kappa shape index (κ3) is 4.88. The van der Waals surface area contributed by atoms with E-state index in [-0.39, 0.29) is 24.8 Å². The van der Waals surface area contributed by atoms with Crippen LogP contribution in [0.3, 0.4) is 0 Å². The number of hydrazone groups is 1. The number of phenolic OH excluding ortho intramolecular Hbond substituents is 1. The van der Waals surface area contributed by atoms with Gasteiger partial charge in [0.25, 0.3) is 11.8 Å². The van der Waals surface area contributed by atoms with Gasteiger partial charge in [0.2, 0.25) is 6.79 Å². The number of fused-ring (bicyclic) bond motifs is 1. The van der Waals surface area contributed by atoms with Crippen molar-refractivity contribution >= 4 is 18.0 Å². The zero-order chi connectivity index (χ0) is 21.5. The SMILES string of the molecule is C=CCc1cc(/C=N/NC(=O)CNC(=O)c2ccc3c(c2)OCO3)cc(OC)c1O. The molecule has 2 amide bonds. The van der Waals surface area contributed by atoms with Crippen molar-refractivity contribution in [2.45, 2.75) is 6.42 Å². The van der Waals surface area contributed by atoms with E-state index < -0.39 is 11.8 Å². The van der Waals surface area contributed by atoms with Gasteiger partial charge in [-0.15, -0.1) is 6.58 Å². The summed E-state index contributed by atoms with van der Waals surface area (Å²) in [7, 11) is 1.44. The molecule has 0 atom stereocenters. The number of hydrogen-bond acceptors (Lipinski definition) is 7. The first-order valence-corrected chi connectivity index (χ1v) is 9.02. The molecule has 2 aromatic carbocycles. The number of allylic oxidation sites excluding steroid dienone is 1. The number of nitrogens with zero attached hydrogens (tertiary/aromatic N) is 1. The fourth-order valence-corrected chi connectivity index (χ4v) is 2.75. The van der Waals surface area contributed by atoms with E-state index in [0.717, 1.165) is 0 Å². The van der Waals surface area contributed by atoms with E-state index in [0.29, 0.717) is 34.6 Å². The molecular formula is C21H21N3O6. The summed E-state index contributed by atoms with van der Waals surface area (Å²) in [5, 5.41) is 16.5. The highest BCUT2D eigenvalue weighted by Crippen LogP contribution is 2.32. The first-order chi connectivity index (χ1) is 14.5. The van der Waals surface area contributed by atoms with Gasteiger partial charge in [-0.1, -0.05) is 6.08 Å². The Morgan fingerprint density at radius 3 is 2.83 bits per heavy atom. The number of carbonyl (C=O) groups excluding carboxylic acids is 2. The highest BCUT2D eigenvalue weighted by molar-refractivity contribution is 5.97. The third-order valence-corrected chi connectivity index (χ3v) is 4.21. The fraction of sp³-hybridized carbons (Fsp3) is 0.190. The highest BCUT2D eigenvalue weighted by Gasteiger charge is 2.16. The smallest absolute Gasteiger partial charge is 0.259 e. The molecule has 0 aromatic heterocycles. The van der Waals surface area contributed by atoms with Crippen molar-refractivity contribution in [3.05, 3.63) is 59.7 Å². The number of phenols is 1. The van der Waals surface area contributed by atoms with Crippen LogP contribution in [0.2, 0.25) is 0 Å². The van der Waals surface area contributed by atoms with Crippen LogP contribution in [0, 0.1) is 0 Å². The molecule has 1 aliphatic rings. The minimum absolute atomic E-state index is 0.0322. The molecule has 0 unspecified atom stereocenters. The molecular weight excluding hydrogens is 390 g/mol. The van der Waals surface area contributed by atoms with E-state index in [1.165, 1.54) is 13.3 Å². The van der Waals surface area contributed by atoms with Gasteiger partial charge in [-0.05, 0) is 42.3 Å². The Labute approximate surface area is 173 Å². The maximum Gasteiger partial charge on any atom is 0.259 e. The van der Waals surface area contributed by atoms with Crippen molar-refractivity contribution in [3.63, 3.8) is 0 Å². The molecule has 0 fully saturated rings. The number of aromatic hydroxyl groups is 1. The van der Waals surface area contributed by atoms with Gasteiger partial charge in [-0.25, -0.2) is 5.43 Å². The molecule has 0 spiro atoms. The average Bonchev–Trinajstić information content (AvgIpc) is 3.22. The zero-order valence-corrected chi connectivity index (χ0v) is 16.3. The first-order valence-electron chi connectivity index (χ1n) is 9.02. The van der Waals surface area contributed by atoms with Crippen LogP contribution in [0.25, 0.3) is 0 Å². The van der Waals surface area contributed by atoms with E-state index >= 15 is 0 Å². The van der Waals surface area contributed by atoms with Gasteiger partial charge >= 0.3 is 0 Å². The fourth-order valence-electron chi connectivity index (χ4n) is 2.75. The van der Waals surface area contributed by atoms with E-state index in [4.69, 9.17) is 14.2 Å². The molecule has 30 heavy (non-hydrogen) atoms. The standard InChI is InChI=1S/C21H21N3O6/c1-3-4-14-7-13(8-18(28-2)20(14)26)10-23-24-19(25)11-22-21(27)15-5-6-16-17(9-15)30-12-29-16/h3,5-10,26H,1,4,11-12H2,2H3,(H,22,27)(H,24,25)/b23-10+. The maximum absolute atomic E-state index is 12.2. The number of amides is 2. The molecule has 0 radical (unpaired) electrons. The lowest BCUT2D eigenvalue weighted by atomic mass is 10.1. The normalized spacial score (nSPS) is 11.9. The second-order valence-electron chi connectivity index (χ2n) is 6.27. The molecule has 3 N–H and O–H groups in total. The number of ether oxygens (including phenoxy) is 3. The van der Waals surface area contributed by atoms with Crippen molar-refractivity contribution in [1.82, 2.24) is 10.7 Å². The number of nitrogens with one attached hydrogen (secondary N) is 2. The van der Waals surface area contributed by atoms with Crippen molar-refractivity contribution in [2.24, 2.45) is 5.10 Å². The predicted molar refractivity (Wildman–Crippen MR) is 109 cm³/mol. The second kappa shape index (κ2) is 9.46. The van der Waals surface area contributed by atoms with Crippen LogP contribution in [0.1, 0.15) is 21.5 Å². The first kappa shape index (κ1) is 20.7. The Kier molecular flexibility index (Phi) is 6.53. The molecule has 1 heterocycles. The molecule has 156 valence electrons. The van der Waals surface area contributed by atoms with Crippen LogP contribution in [0.5, 0.6) is 23.0 Å². The van der Waals surface area contributed by atoms with Crippen molar-refractivity contribution in [1.29, 1.82) is 0 Å². The summed E-state index contributed by atoms with van der Waals surface area (Å²) in [5.41, 5.74) is 3.91. The Hall–Kier alpha value is -4.01. The van der Waals surface area contributed by atoms with E-state index in [1.807, 2.05) is 0 Å². The van der Waals surface area contributed by atoms with E-state index in [2.05, 4.69) is 22.4 Å². The molecule has 0 saturated carbocycles. The van der Waals surface area contributed by atoms with Gasteiger partial charge in [-0.3, -0.25) is 9.59 Å². The summed E-state index contributed by atoms with van der Waals surface area (Å²) < 4.78 is 15.6. The van der Waals surface area contributed by atoms with E-state index in [1.54, 1.807) is 36.4 Å². The molecule has 2 aromatic rings. The van der Waals surface area contributed by atoms with Gasteiger partial charge in [0.1, 0.15) is 0 Å². The Morgan fingerprint density at radius 1 is 1.27 bits per heavy atom. The Morgan fingerprint density at radius 2 is 2.07 bits per heavy atom. The maximum atomic E-state index is 12.2. The molecule has 3 rings (SSSR count). The number of methoxy groups -OCH3 is 1. The van der Waals surface area contributed by atoms with Gasteiger partial charge < -0.3 is 24.6 Å². The lowest BCUT2D eigenvalue weighted by Gasteiger charge is -2.09. The van der Waals surface area contributed by atoms with Gasteiger partial charge in [0.15, 0.2) is 23.0 Å². The lowest BCUT2D eigenvalue weighted by molar-refractivity contribution is -0.120. The quantitative estimate of drug-likeness (QED) is 0.346. The molecule has 0 aliphatic carbocycles. The van der Waals surface area contributed by atoms with Crippen LogP contribution in [-0.4, -0.2) is 43.6 Å². The Balaban J connectivity index is 1.54. The van der Waals surface area contributed by atoms with Gasteiger partial charge in [-0.2, -0.15) is 5.10 Å². The van der Waals surface area contributed by atoms with E-state index in [9.17, 15) is 14.7 Å². The predicted octanol–water partition coefficient (Wildman–Crippen LogP) is 1.74.